The first-order valence-corrected chi connectivity index (χ1v) is 7.34. The van der Waals surface area contributed by atoms with Gasteiger partial charge in [0.15, 0.2) is 4.34 Å². The minimum Gasteiger partial charge on any atom is -0.314 e. The number of rotatable bonds is 6. The first kappa shape index (κ1) is 11.4. The number of nitrogens with zero attached hydrogens (tertiary/aromatic N) is 2. The monoisotopic (exact) mass is 243 g/mol. The third-order valence-electron chi connectivity index (χ3n) is 2.68. The van der Waals surface area contributed by atoms with Crippen molar-refractivity contribution in [2.75, 3.05) is 12.3 Å². The summed E-state index contributed by atoms with van der Waals surface area (Å²) < 4.78 is 5.07. The van der Waals surface area contributed by atoms with Crippen molar-refractivity contribution in [1.82, 2.24) is 14.7 Å². The molecular formula is C10H17N3S2. The molecule has 84 valence electrons. The first-order valence-electron chi connectivity index (χ1n) is 5.58. The molecule has 1 fully saturated rings. The summed E-state index contributed by atoms with van der Waals surface area (Å²) in [6.07, 6.45) is 8.44. The zero-order valence-electron chi connectivity index (χ0n) is 8.82. The molecule has 2 rings (SSSR count). The molecule has 1 heterocycles. The highest BCUT2D eigenvalue weighted by atomic mass is 32.2. The summed E-state index contributed by atoms with van der Waals surface area (Å²) in [5.41, 5.74) is 0. The molecule has 5 heteroatoms. The number of hydrogen-bond acceptors (Lipinski definition) is 5. The van der Waals surface area contributed by atoms with Crippen molar-refractivity contribution in [1.29, 1.82) is 0 Å². The Hall–Kier alpha value is -0.130. The molecule has 0 amide bonds. The largest absolute Gasteiger partial charge is 0.314 e. The summed E-state index contributed by atoms with van der Waals surface area (Å²) in [6.45, 7) is 1.15. The van der Waals surface area contributed by atoms with Gasteiger partial charge in [0, 0.05) is 11.8 Å². The van der Waals surface area contributed by atoms with E-state index < -0.39 is 0 Å². The molecule has 1 saturated carbocycles. The molecule has 1 aliphatic rings. The highest BCUT2D eigenvalue weighted by Crippen LogP contribution is 2.19. The van der Waals surface area contributed by atoms with Crippen molar-refractivity contribution in [3.63, 3.8) is 0 Å². The van der Waals surface area contributed by atoms with Gasteiger partial charge in [0.05, 0.1) is 0 Å². The topological polar surface area (TPSA) is 37.8 Å². The van der Waals surface area contributed by atoms with Gasteiger partial charge in [-0.2, -0.15) is 4.37 Å². The van der Waals surface area contributed by atoms with Gasteiger partial charge in [-0.3, -0.25) is 0 Å². The Kier molecular flexibility index (Phi) is 4.89. The van der Waals surface area contributed by atoms with Crippen LogP contribution in [0.3, 0.4) is 0 Å². The molecule has 15 heavy (non-hydrogen) atoms. The SMILES string of the molecule is c1nsc(SCCCNC2CCCC2)n1. The van der Waals surface area contributed by atoms with Crippen LogP contribution < -0.4 is 5.32 Å². The van der Waals surface area contributed by atoms with Gasteiger partial charge >= 0.3 is 0 Å². The van der Waals surface area contributed by atoms with Crippen molar-refractivity contribution in [3.8, 4) is 0 Å². The summed E-state index contributed by atoms with van der Waals surface area (Å²) in [5.74, 6) is 1.15. The molecule has 0 saturated heterocycles. The van der Waals surface area contributed by atoms with Crippen LogP contribution in [-0.4, -0.2) is 27.7 Å². The van der Waals surface area contributed by atoms with Crippen LogP contribution >= 0.6 is 23.3 Å². The van der Waals surface area contributed by atoms with E-state index in [1.807, 2.05) is 11.8 Å². The minimum atomic E-state index is 0.802. The van der Waals surface area contributed by atoms with Crippen LogP contribution in [0.15, 0.2) is 10.7 Å². The standard InChI is InChI=1S/C10H17N3S2/c1-2-5-9(4-1)11-6-3-7-14-10-12-8-13-15-10/h8-9,11H,1-7H2. The Bertz CT molecular complexity index is 258. The predicted molar refractivity (Wildman–Crippen MR) is 65.5 cm³/mol. The number of nitrogens with one attached hydrogen (secondary N) is 1. The highest BCUT2D eigenvalue weighted by molar-refractivity contribution is 8.00. The van der Waals surface area contributed by atoms with Crippen molar-refractivity contribution in [2.45, 2.75) is 42.5 Å². The third-order valence-corrected chi connectivity index (χ3v) is 4.56. The Morgan fingerprint density at radius 3 is 3.07 bits per heavy atom. The third kappa shape index (κ3) is 4.09. The second kappa shape index (κ2) is 6.45. The molecule has 0 spiro atoms. The fourth-order valence-electron chi connectivity index (χ4n) is 1.89. The summed E-state index contributed by atoms with van der Waals surface area (Å²) in [4.78, 5) is 4.14. The fourth-order valence-corrected chi connectivity index (χ4v) is 3.35. The lowest BCUT2D eigenvalue weighted by atomic mass is 10.2. The molecule has 1 aromatic rings. The Balaban J connectivity index is 1.48. The fraction of sp³-hybridized carbons (Fsp3) is 0.800. The van der Waals surface area contributed by atoms with E-state index in [1.54, 1.807) is 6.33 Å². The Labute approximate surface area is 99.2 Å². The van der Waals surface area contributed by atoms with Crippen molar-refractivity contribution in [2.24, 2.45) is 0 Å². The van der Waals surface area contributed by atoms with Gasteiger partial charge in [0.25, 0.3) is 0 Å². The van der Waals surface area contributed by atoms with Crippen LogP contribution in [0.4, 0.5) is 0 Å². The summed E-state index contributed by atoms with van der Waals surface area (Å²) in [5, 5.41) is 3.62. The average molecular weight is 243 g/mol. The van der Waals surface area contributed by atoms with E-state index >= 15 is 0 Å². The van der Waals surface area contributed by atoms with Crippen molar-refractivity contribution >= 4 is 23.3 Å². The second-order valence-corrected chi connectivity index (χ2v) is 5.97. The van der Waals surface area contributed by atoms with E-state index in [2.05, 4.69) is 14.7 Å². The Morgan fingerprint density at radius 2 is 2.33 bits per heavy atom. The van der Waals surface area contributed by atoms with Crippen molar-refractivity contribution < 1.29 is 0 Å². The van der Waals surface area contributed by atoms with Gasteiger partial charge in [0.1, 0.15) is 6.33 Å². The molecule has 1 aromatic heterocycles. The van der Waals surface area contributed by atoms with Gasteiger partial charge in [-0.15, -0.1) is 0 Å². The zero-order valence-corrected chi connectivity index (χ0v) is 10.4. The van der Waals surface area contributed by atoms with Crippen LogP contribution in [0.5, 0.6) is 0 Å². The Morgan fingerprint density at radius 1 is 1.47 bits per heavy atom. The van der Waals surface area contributed by atoms with Crippen LogP contribution in [0.25, 0.3) is 0 Å². The quantitative estimate of drug-likeness (QED) is 0.615. The molecule has 0 aromatic carbocycles. The van der Waals surface area contributed by atoms with E-state index in [0.717, 1.165) is 22.7 Å². The van der Waals surface area contributed by atoms with Crippen LogP contribution in [0, 0.1) is 0 Å². The van der Waals surface area contributed by atoms with E-state index in [1.165, 1.54) is 43.6 Å². The van der Waals surface area contributed by atoms with Gasteiger partial charge in [-0.1, -0.05) is 24.6 Å². The molecular weight excluding hydrogens is 226 g/mol. The second-order valence-electron chi connectivity index (χ2n) is 3.84. The number of thioether (sulfide) groups is 1. The van der Waals surface area contributed by atoms with Crippen LogP contribution in [0.2, 0.25) is 0 Å². The number of aromatic nitrogens is 2. The summed E-state index contributed by atoms with van der Waals surface area (Å²) in [6, 6.07) is 0.802. The molecule has 0 radical (unpaired) electrons. The summed E-state index contributed by atoms with van der Waals surface area (Å²) in [7, 11) is 0. The molecule has 3 nitrogen and oxygen atoms in total. The van der Waals surface area contributed by atoms with Gasteiger partial charge in [0.2, 0.25) is 0 Å². The smallest absolute Gasteiger partial charge is 0.169 e. The van der Waals surface area contributed by atoms with Crippen molar-refractivity contribution in [3.05, 3.63) is 6.33 Å². The van der Waals surface area contributed by atoms with E-state index in [-0.39, 0.29) is 0 Å². The molecule has 0 aliphatic heterocycles. The van der Waals surface area contributed by atoms with Crippen LogP contribution in [-0.2, 0) is 0 Å². The maximum Gasteiger partial charge on any atom is 0.169 e. The van der Waals surface area contributed by atoms with Gasteiger partial charge in [-0.05, 0) is 37.3 Å². The lowest BCUT2D eigenvalue weighted by molar-refractivity contribution is 0.525. The molecule has 0 atom stereocenters. The van der Waals surface area contributed by atoms with Crippen LogP contribution in [0.1, 0.15) is 32.1 Å². The predicted octanol–water partition coefficient (Wildman–Crippen LogP) is 2.55. The van der Waals surface area contributed by atoms with E-state index in [0.29, 0.717) is 0 Å². The lowest BCUT2D eigenvalue weighted by Gasteiger charge is -2.10. The number of hydrogen-bond donors (Lipinski definition) is 1. The normalized spacial score (nSPS) is 17.3. The lowest BCUT2D eigenvalue weighted by Crippen LogP contribution is -2.27. The van der Waals surface area contributed by atoms with Gasteiger partial charge < -0.3 is 5.32 Å². The summed E-state index contributed by atoms with van der Waals surface area (Å²) >= 11 is 3.30. The van der Waals surface area contributed by atoms with E-state index in [4.69, 9.17) is 0 Å². The maximum absolute atomic E-state index is 4.14. The first-order chi connectivity index (χ1) is 7.45. The molecule has 1 N–H and O–H groups in total. The highest BCUT2D eigenvalue weighted by Gasteiger charge is 2.13. The maximum atomic E-state index is 4.14. The zero-order chi connectivity index (χ0) is 10.3. The molecule has 1 aliphatic carbocycles. The average Bonchev–Trinajstić information content (AvgIpc) is 2.88. The van der Waals surface area contributed by atoms with Gasteiger partial charge in [-0.25, -0.2) is 4.98 Å². The minimum absolute atomic E-state index is 0.802. The van der Waals surface area contributed by atoms with E-state index in [9.17, 15) is 0 Å². The molecule has 0 bridgehead atoms. The molecule has 0 unspecified atom stereocenters.